The minimum absolute atomic E-state index is 0.309. The Hall–Kier alpha value is -4.90. The van der Waals surface area contributed by atoms with E-state index in [-0.39, 0.29) is 5.91 Å². The molecule has 1 heterocycles. The van der Waals surface area contributed by atoms with E-state index in [2.05, 4.69) is 61.1 Å². The van der Waals surface area contributed by atoms with Gasteiger partial charge in [0.1, 0.15) is 23.7 Å². The second-order valence-electron chi connectivity index (χ2n) is 8.93. The molecule has 41 heavy (non-hydrogen) atoms. The molecular weight excluding hydrogens is 518 g/mol. The maximum absolute atomic E-state index is 12.3. The molecule has 0 radical (unpaired) electrons. The Morgan fingerprint density at radius 1 is 1.05 bits per heavy atom. The molecule has 11 heteroatoms. The number of carbonyl (C=O) groups is 1. The fourth-order valence-corrected chi connectivity index (χ4v) is 4.02. The molecule has 11 nitrogen and oxygen atoms in total. The second kappa shape index (κ2) is 15.6. The van der Waals surface area contributed by atoms with Gasteiger partial charge in [-0.25, -0.2) is 9.97 Å². The van der Waals surface area contributed by atoms with Crippen LogP contribution in [0.15, 0.2) is 78.7 Å². The van der Waals surface area contributed by atoms with Crippen LogP contribution >= 0.6 is 0 Å². The van der Waals surface area contributed by atoms with Crippen molar-refractivity contribution in [3.05, 3.63) is 73.7 Å². The molecule has 0 atom stereocenters. The fraction of sp³-hybridized carbons (Fsp3) is 0.267. The molecule has 1 amide bonds. The number of aromatic nitrogens is 2. The highest BCUT2D eigenvalue weighted by atomic mass is 16.5. The highest BCUT2D eigenvalue weighted by molar-refractivity contribution is 6.02. The van der Waals surface area contributed by atoms with Gasteiger partial charge >= 0.3 is 0 Å². The lowest BCUT2D eigenvalue weighted by atomic mass is 10.2. The highest BCUT2D eigenvalue weighted by Crippen LogP contribution is 2.38. The Bertz CT molecular complexity index is 1370. The number of allylic oxidation sites excluding steroid dienone is 1. The Labute approximate surface area is 241 Å². The van der Waals surface area contributed by atoms with Gasteiger partial charge < -0.3 is 36.2 Å². The number of nitrogens with zero attached hydrogens (tertiary/aromatic N) is 5. The van der Waals surface area contributed by atoms with Crippen LogP contribution in [-0.2, 0) is 4.79 Å². The number of amides is 1. The molecule has 0 saturated heterocycles. The molecule has 0 fully saturated rings. The van der Waals surface area contributed by atoms with Crippen LogP contribution in [0.1, 0.15) is 13.8 Å². The van der Waals surface area contributed by atoms with E-state index in [0.717, 1.165) is 43.2 Å². The van der Waals surface area contributed by atoms with Crippen LogP contribution in [0, 0.1) is 0 Å². The van der Waals surface area contributed by atoms with E-state index in [1.807, 2.05) is 43.4 Å². The van der Waals surface area contributed by atoms with Crippen molar-refractivity contribution in [2.24, 2.45) is 10.7 Å². The first-order valence-corrected chi connectivity index (χ1v) is 13.4. The third-order valence-electron chi connectivity index (χ3n) is 6.33. The van der Waals surface area contributed by atoms with Gasteiger partial charge in [-0.15, -0.1) is 0 Å². The van der Waals surface area contributed by atoms with Gasteiger partial charge in [0.25, 0.3) is 0 Å². The number of rotatable bonds is 15. The Morgan fingerprint density at radius 3 is 2.41 bits per heavy atom. The first-order chi connectivity index (χ1) is 19.9. The third kappa shape index (κ3) is 8.80. The molecule has 0 aliphatic rings. The average molecular weight is 558 g/mol. The third-order valence-corrected chi connectivity index (χ3v) is 6.33. The number of anilines is 6. The zero-order valence-electron chi connectivity index (χ0n) is 24.1. The predicted octanol–water partition coefficient (Wildman–Crippen LogP) is 5.05. The van der Waals surface area contributed by atoms with Gasteiger partial charge in [-0.1, -0.05) is 32.6 Å². The maximum atomic E-state index is 12.3. The molecule has 3 rings (SSSR count). The predicted molar refractivity (Wildman–Crippen MR) is 169 cm³/mol. The number of ether oxygens (including phenoxy) is 1. The summed E-state index contributed by atoms with van der Waals surface area (Å²) < 4.78 is 5.73. The number of likely N-dealkylation sites (N-methyl/N-ethyl adjacent to an activating group) is 2. The molecule has 216 valence electrons. The van der Waals surface area contributed by atoms with E-state index in [1.54, 1.807) is 25.5 Å². The number of hydrogen-bond donors (Lipinski definition) is 4. The van der Waals surface area contributed by atoms with E-state index in [4.69, 9.17) is 10.5 Å². The average Bonchev–Trinajstić information content (AvgIpc) is 2.98. The van der Waals surface area contributed by atoms with Crippen molar-refractivity contribution in [3.8, 4) is 5.75 Å². The van der Waals surface area contributed by atoms with Gasteiger partial charge in [0.15, 0.2) is 0 Å². The van der Waals surface area contributed by atoms with Crippen molar-refractivity contribution in [3.63, 3.8) is 0 Å². The molecule has 1 aromatic heterocycles. The van der Waals surface area contributed by atoms with E-state index >= 15 is 0 Å². The summed E-state index contributed by atoms with van der Waals surface area (Å²) in [6.45, 7) is 11.5. The number of carbonyl (C=O) groups excluding carboxylic acids is 1. The van der Waals surface area contributed by atoms with Crippen LogP contribution in [0.4, 0.5) is 40.1 Å². The summed E-state index contributed by atoms with van der Waals surface area (Å²) in [6, 6.07) is 13.1. The molecular formula is C30H39N9O2. The van der Waals surface area contributed by atoms with Gasteiger partial charge in [0.2, 0.25) is 5.91 Å². The highest BCUT2D eigenvalue weighted by Gasteiger charge is 2.17. The summed E-state index contributed by atoms with van der Waals surface area (Å²) in [4.78, 5) is 29.9. The van der Waals surface area contributed by atoms with Crippen LogP contribution in [0.25, 0.3) is 0 Å². The van der Waals surface area contributed by atoms with Crippen molar-refractivity contribution in [1.29, 1.82) is 0 Å². The maximum Gasteiger partial charge on any atom is 0.247 e. The molecule has 0 aliphatic carbocycles. The number of nitrogens with two attached hydrogens (primary N) is 1. The normalized spacial score (nSPS) is 11.1. The summed E-state index contributed by atoms with van der Waals surface area (Å²) >= 11 is 0. The number of methoxy groups -OCH3 is 1. The van der Waals surface area contributed by atoms with Gasteiger partial charge in [-0.05, 0) is 49.6 Å². The molecule has 5 N–H and O–H groups in total. The number of aliphatic imine (C=N–C) groups is 1. The first kappa shape index (κ1) is 30.6. The molecule has 0 unspecified atom stereocenters. The van der Waals surface area contributed by atoms with Crippen LogP contribution in [0.5, 0.6) is 5.75 Å². The minimum Gasteiger partial charge on any atom is -0.494 e. The standard InChI is InChI=1S/C30H39N9O2/c1-6-30(40)37-24-18-25(27(41-5)19-26(24)38(4)16-17-39(7-2)8-3)36-29-20-28(33-21-34-29)35-23-13-10-9-12-22(23)32-15-11-14-31/h6,9-15,18-21H,1,7-8,16-17,31H2,2-5H3,(H,37,40)(H2,33,34,35,36). The Kier molecular flexibility index (Phi) is 11.7. The SMILES string of the molecule is C=CC(=O)Nc1cc(Nc2cc(Nc3ccccc3N=CC=CN)ncn2)c(OC)cc1N(C)CCN(CC)CC. The van der Waals surface area contributed by atoms with Crippen LogP contribution in [0.2, 0.25) is 0 Å². The van der Waals surface area contributed by atoms with E-state index in [9.17, 15) is 4.79 Å². The molecule has 2 aromatic carbocycles. The monoisotopic (exact) mass is 557 g/mol. The molecule has 3 aromatic rings. The molecule has 0 aliphatic heterocycles. The first-order valence-electron chi connectivity index (χ1n) is 13.4. The zero-order valence-corrected chi connectivity index (χ0v) is 24.1. The molecule has 0 spiro atoms. The van der Waals surface area contributed by atoms with Gasteiger partial charge in [0, 0.05) is 38.5 Å². The van der Waals surface area contributed by atoms with E-state index < -0.39 is 0 Å². The smallest absolute Gasteiger partial charge is 0.247 e. The van der Waals surface area contributed by atoms with Crippen molar-refractivity contribution in [2.45, 2.75) is 13.8 Å². The van der Waals surface area contributed by atoms with Gasteiger partial charge in [-0.3, -0.25) is 9.79 Å². The number of hydrogen-bond acceptors (Lipinski definition) is 10. The second-order valence-corrected chi connectivity index (χ2v) is 8.93. The van der Waals surface area contributed by atoms with E-state index in [0.29, 0.717) is 28.8 Å². The van der Waals surface area contributed by atoms with Crippen molar-refractivity contribution in [2.75, 3.05) is 61.2 Å². The fourth-order valence-electron chi connectivity index (χ4n) is 4.02. The lowest BCUT2D eigenvalue weighted by Gasteiger charge is -2.27. The molecule has 0 bridgehead atoms. The van der Waals surface area contributed by atoms with Crippen molar-refractivity contribution >= 4 is 52.2 Å². The number of benzene rings is 2. The lowest BCUT2D eigenvalue weighted by molar-refractivity contribution is -0.111. The van der Waals surface area contributed by atoms with Gasteiger partial charge in [0.05, 0.1) is 35.5 Å². The quantitative estimate of drug-likeness (QED) is 0.150. The summed E-state index contributed by atoms with van der Waals surface area (Å²) in [6.07, 6.45) is 7.38. The zero-order chi connectivity index (χ0) is 29.6. The largest absolute Gasteiger partial charge is 0.494 e. The Balaban J connectivity index is 1.90. The number of para-hydroxylation sites is 2. The van der Waals surface area contributed by atoms with Crippen molar-refractivity contribution in [1.82, 2.24) is 14.9 Å². The summed E-state index contributed by atoms with van der Waals surface area (Å²) in [5.41, 5.74) is 8.95. The number of nitrogens with one attached hydrogen (secondary N) is 3. The van der Waals surface area contributed by atoms with Crippen LogP contribution in [0.3, 0.4) is 0 Å². The summed E-state index contributed by atoms with van der Waals surface area (Å²) in [5.74, 6) is 1.37. The minimum atomic E-state index is -0.309. The lowest BCUT2D eigenvalue weighted by Crippen LogP contribution is -2.33. The summed E-state index contributed by atoms with van der Waals surface area (Å²) in [7, 11) is 3.60. The summed E-state index contributed by atoms with van der Waals surface area (Å²) in [5, 5.41) is 9.51. The van der Waals surface area contributed by atoms with Crippen molar-refractivity contribution < 1.29 is 9.53 Å². The van der Waals surface area contributed by atoms with Crippen LogP contribution in [-0.4, -0.2) is 67.3 Å². The van der Waals surface area contributed by atoms with Crippen LogP contribution < -0.4 is 31.3 Å². The topological polar surface area (TPSA) is 133 Å². The van der Waals surface area contributed by atoms with Gasteiger partial charge in [-0.2, -0.15) is 0 Å². The molecule has 0 saturated carbocycles. The van der Waals surface area contributed by atoms with E-state index in [1.165, 1.54) is 18.6 Å². The Morgan fingerprint density at radius 2 is 1.76 bits per heavy atom.